The number of methoxy groups -OCH3 is 2. The summed E-state index contributed by atoms with van der Waals surface area (Å²) in [6.07, 6.45) is 12.7. The molecule has 6 nitrogen and oxygen atoms in total. The number of rotatable bonds is 6. The predicted octanol–water partition coefficient (Wildman–Crippen LogP) is 12.0. The van der Waals surface area contributed by atoms with Gasteiger partial charge in [0.15, 0.2) is 0 Å². The van der Waals surface area contributed by atoms with Crippen molar-refractivity contribution in [1.29, 1.82) is 5.26 Å². The van der Waals surface area contributed by atoms with Gasteiger partial charge in [-0.15, -0.1) is 0 Å². The molecule has 4 heterocycles. The molecule has 8 rings (SSSR count). The lowest BCUT2D eigenvalue weighted by molar-refractivity contribution is 0.362. The molecule has 0 N–H and O–H groups in total. The normalized spacial score (nSPS) is 19.7. The van der Waals surface area contributed by atoms with Gasteiger partial charge in [-0.2, -0.15) is 5.26 Å². The molecule has 6 heteroatoms. The Morgan fingerprint density at radius 2 is 1.02 bits per heavy atom. The van der Waals surface area contributed by atoms with Crippen LogP contribution in [0.5, 0.6) is 11.5 Å². The topological polar surface area (TPSA) is 53.1 Å². The zero-order valence-corrected chi connectivity index (χ0v) is 35.0. The third-order valence-electron chi connectivity index (χ3n) is 13.8. The number of hydrogen-bond acceptors (Lipinski definition) is 5. The second-order valence-electron chi connectivity index (χ2n) is 19.1. The Kier molecular flexibility index (Phi) is 8.89. The van der Waals surface area contributed by atoms with Crippen LogP contribution in [0, 0.1) is 17.9 Å². The van der Waals surface area contributed by atoms with Crippen LogP contribution in [-0.2, 0) is 21.7 Å². The summed E-state index contributed by atoms with van der Waals surface area (Å²) >= 11 is 0. The van der Waals surface area contributed by atoms with Gasteiger partial charge in [0.2, 0.25) is 5.69 Å². The average Bonchev–Trinajstić information content (AvgIpc) is 3.16. The van der Waals surface area contributed by atoms with Gasteiger partial charge in [-0.05, 0) is 92.5 Å². The minimum Gasteiger partial charge on any atom is -0.496 e. The van der Waals surface area contributed by atoms with Crippen molar-refractivity contribution in [3.8, 4) is 17.6 Å². The lowest BCUT2D eigenvalue weighted by Crippen LogP contribution is -2.45. The fraction of sp³-hybridized carbons (Fsp3) is 0.440. The van der Waals surface area contributed by atoms with E-state index in [-0.39, 0.29) is 21.7 Å². The molecule has 0 spiro atoms. The van der Waals surface area contributed by atoms with Crippen molar-refractivity contribution in [2.75, 3.05) is 50.2 Å². The van der Waals surface area contributed by atoms with Crippen LogP contribution in [0.1, 0.15) is 131 Å². The van der Waals surface area contributed by atoms with E-state index in [1.165, 1.54) is 33.6 Å². The van der Waals surface area contributed by atoms with Crippen molar-refractivity contribution in [3.05, 3.63) is 97.9 Å². The minimum absolute atomic E-state index is 0.0243. The van der Waals surface area contributed by atoms with E-state index >= 15 is 0 Å². The number of fused-ring (bicyclic) bond motifs is 1. The smallest absolute Gasteiger partial charge is 0.202 e. The summed E-state index contributed by atoms with van der Waals surface area (Å²) in [5.41, 5.74) is 12.9. The molecule has 4 aromatic rings. The fourth-order valence-corrected chi connectivity index (χ4v) is 10.1. The molecule has 0 amide bonds. The van der Waals surface area contributed by atoms with Gasteiger partial charge in [0.1, 0.15) is 17.6 Å². The molecule has 0 radical (unpaired) electrons. The third kappa shape index (κ3) is 5.79. The highest BCUT2D eigenvalue weighted by Gasteiger charge is 2.44. The molecule has 4 aliphatic heterocycles. The molecule has 0 fully saturated rings. The molecule has 0 bridgehead atoms. The first-order chi connectivity index (χ1) is 26.6. The predicted molar refractivity (Wildman–Crippen MR) is 234 cm³/mol. The van der Waals surface area contributed by atoms with Crippen LogP contribution in [0.25, 0.3) is 39.9 Å². The summed E-state index contributed by atoms with van der Waals surface area (Å²) in [5.74, 6) is 1.84. The molecule has 4 aliphatic rings. The summed E-state index contributed by atoms with van der Waals surface area (Å²) in [5, 5.41) is 12.2. The van der Waals surface area contributed by atoms with Crippen LogP contribution in [-0.4, -0.2) is 40.4 Å². The van der Waals surface area contributed by atoms with Gasteiger partial charge in [0.05, 0.1) is 26.4 Å². The molecule has 4 aromatic carbocycles. The van der Waals surface area contributed by atoms with Crippen LogP contribution in [0.4, 0.5) is 17.1 Å². The molecule has 288 valence electrons. The van der Waals surface area contributed by atoms with Crippen molar-refractivity contribution in [3.63, 3.8) is 0 Å². The Morgan fingerprint density at radius 3 is 1.46 bits per heavy atom. The van der Waals surface area contributed by atoms with Crippen LogP contribution < -0.4 is 19.3 Å². The van der Waals surface area contributed by atoms with Crippen molar-refractivity contribution in [2.45, 2.75) is 103 Å². The molecule has 0 atom stereocenters. The number of benzene rings is 4. The summed E-state index contributed by atoms with van der Waals surface area (Å²) in [6.45, 7) is 31.3. The molecule has 0 unspecified atom stereocenters. The third-order valence-corrected chi connectivity index (χ3v) is 13.8. The lowest BCUT2D eigenvalue weighted by Gasteiger charge is -2.48. The van der Waals surface area contributed by atoms with Crippen molar-refractivity contribution >= 4 is 52.1 Å². The van der Waals surface area contributed by atoms with E-state index in [4.69, 9.17) is 16.0 Å². The Bertz CT molecular complexity index is 2270. The molecule has 0 saturated carbocycles. The van der Waals surface area contributed by atoms with Gasteiger partial charge >= 0.3 is 0 Å². The highest BCUT2D eigenvalue weighted by Crippen LogP contribution is 2.55. The lowest BCUT2D eigenvalue weighted by atomic mass is 9.68. The van der Waals surface area contributed by atoms with E-state index in [1.54, 1.807) is 14.2 Å². The number of anilines is 2. The molecule has 0 saturated heterocycles. The summed E-state index contributed by atoms with van der Waals surface area (Å²) in [6, 6.07) is 15.1. The van der Waals surface area contributed by atoms with Gasteiger partial charge in [-0.3, -0.25) is 0 Å². The van der Waals surface area contributed by atoms with E-state index in [0.29, 0.717) is 11.3 Å². The quantitative estimate of drug-likeness (QED) is 0.145. The SMILES string of the molecule is [C-]#[N+]c1c(C=Cc2cc3c4c(c2OC)C(C)(C)CCN4CCC3(C)C)ccc2c(C#N)c(C=Cc3cc4c5c(c3OC)C(C)(C)CCN5CCC4(C)C)ccc12. The Hall–Kier alpha value is -5.20. The second-order valence-corrected chi connectivity index (χ2v) is 19.1. The zero-order valence-electron chi connectivity index (χ0n) is 35.0. The first-order valence-corrected chi connectivity index (χ1v) is 20.3. The average molecular weight is 745 g/mol. The first kappa shape index (κ1) is 37.7. The van der Waals surface area contributed by atoms with Crippen molar-refractivity contribution in [2.24, 2.45) is 0 Å². The van der Waals surface area contributed by atoms with E-state index in [9.17, 15) is 5.26 Å². The van der Waals surface area contributed by atoms with Gasteiger partial charge in [0, 0.05) is 59.8 Å². The Morgan fingerprint density at radius 1 is 0.607 bits per heavy atom. The molecule has 0 aliphatic carbocycles. The molecular formula is C50H56N4O2. The number of nitriles is 1. The van der Waals surface area contributed by atoms with Gasteiger partial charge in [-0.1, -0.05) is 104 Å². The highest BCUT2D eigenvalue weighted by atomic mass is 16.5. The Balaban J connectivity index is 1.21. The maximum absolute atomic E-state index is 10.6. The number of ether oxygens (including phenoxy) is 2. The molecular weight excluding hydrogens is 689 g/mol. The zero-order chi connectivity index (χ0) is 39.9. The summed E-state index contributed by atoms with van der Waals surface area (Å²) in [4.78, 5) is 9.17. The van der Waals surface area contributed by atoms with Gasteiger partial charge in [0.25, 0.3) is 0 Å². The van der Waals surface area contributed by atoms with E-state index < -0.39 is 0 Å². The van der Waals surface area contributed by atoms with Crippen molar-refractivity contribution in [1.82, 2.24) is 0 Å². The van der Waals surface area contributed by atoms with E-state index in [1.807, 2.05) is 36.4 Å². The maximum Gasteiger partial charge on any atom is 0.202 e. The fourth-order valence-electron chi connectivity index (χ4n) is 10.1. The summed E-state index contributed by atoms with van der Waals surface area (Å²) in [7, 11) is 3.56. The molecule has 0 aromatic heterocycles. The summed E-state index contributed by atoms with van der Waals surface area (Å²) < 4.78 is 12.4. The van der Waals surface area contributed by atoms with Gasteiger partial charge < -0.3 is 19.3 Å². The monoisotopic (exact) mass is 744 g/mol. The largest absolute Gasteiger partial charge is 0.496 e. The molecule has 56 heavy (non-hydrogen) atoms. The standard InChI is InChI=1S/C50H56N4O2/c1-47(2)20-24-53-26-22-49(5,6)40-43(53)38(47)28-33(45(40)55-10)14-12-31-16-19-36-35(37(31)30-51)18-17-32(42(36)52-9)13-15-34-29-39-44-41(46(34)56-11)50(7,8)23-27-54(44)25-21-48(39,3)4/h12-19,28-29H,20-27H2,1-8,10-11H3. The van der Waals surface area contributed by atoms with E-state index in [2.05, 4.69) is 100 Å². The second kappa shape index (κ2) is 13.2. The van der Waals surface area contributed by atoms with Crippen LogP contribution >= 0.6 is 0 Å². The van der Waals surface area contributed by atoms with E-state index in [0.717, 1.165) is 96.4 Å². The first-order valence-electron chi connectivity index (χ1n) is 20.3. The maximum atomic E-state index is 10.6. The minimum atomic E-state index is -0.0256. The highest BCUT2D eigenvalue weighted by molar-refractivity contribution is 6.04. The number of nitrogens with zero attached hydrogens (tertiary/aromatic N) is 4. The van der Waals surface area contributed by atoms with Crippen LogP contribution in [0.3, 0.4) is 0 Å². The van der Waals surface area contributed by atoms with Crippen molar-refractivity contribution < 1.29 is 9.47 Å². The van der Waals surface area contributed by atoms with Gasteiger partial charge in [-0.25, -0.2) is 4.85 Å². The number of hydrogen-bond donors (Lipinski definition) is 0. The van der Waals surface area contributed by atoms with Crippen LogP contribution in [0.15, 0.2) is 36.4 Å². The van der Waals surface area contributed by atoms with Crippen LogP contribution in [0.2, 0.25) is 0 Å². The Labute approximate surface area is 334 Å².